The Labute approximate surface area is 86.4 Å². The van der Waals surface area contributed by atoms with Crippen molar-refractivity contribution in [3.63, 3.8) is 0 Å². The van der Waals surface area contributed by atoms with E-state index in [4.69, 9.17) is 5.11 Å². The topological polar surface area (TPSA) is 66.3 Å². The van der Waals surface area contributed by atoms with E-state index in [1.54, 1.807) is 5.51 Å². The highest BCUT2D eigenvalue weighted by molar-refractivity contribution is 7.13. The van der Waals surface area contributed by atoms with E-state index in [9.17, 15) is 4.79 Å². The summed E-state index contributed by atoms with van der Waals surface area (Å²) in [4.78, 5) is 12.4. The Hall–Kier alpha value is -1.17. The van der Waals surface area contributed by atoms with Crippen LogP contribution in [0.15, 0.2) is 5.51 Å². The van der Waals surface area contributed by atoms with Crippen molar-refractivity contribution in [2.24, 2.45) is 0 Å². The molecule has 14 heavy (non-hydrogen) atoms. The first-order valence-electron chi connectivity index (χ1n) is 4.47. The molecule has 6 heteroatoms. The predicted octanol–water partition coefficient (Wildman–Crippen LogP) is 1.23. The van der Waals surface area contributed by atoms with Gasteiger partial charge in [0.1, 0.15) is 5.51 Å². The standard InChI is InChI=1S/C8H13N3O2S/c1-2-4-11(5-3-7(12)13)8-10-9-6-14-8/h6H,2-5H2,1H3,(H,12,13). The van der Waals surface area contributed by atoms with Crippen LogP contribution in [0.1, 0.15) is 19.8 Å². The normalized spacial score (nSPS) is 10.1. The van der Waals surface area contributed by atoms with E-state index in [0.717, 1.165) is 18.1 Å². The maximum atomic E-state index is 10.4. The molecule has 0 saturated carbocycles. The first-order chi connectivity index (χ1) is 6.74. The van der Waals surface area contributed by atoms with E-state index in [-0.39, 0.29) is 6.42 Å². The second-order valence-electron chi connectivity index (χ2n) is 2.85. The maximum Gasteiger partial charge on any atom is 0.305 e. The van der Waals surface area contributed by atoms with Crippen LogP contribution in [0, 0.1) is 0 Å². The van der Waals surface area contributed by atoms with Gasteiger partial charge in [-0.1, -0.05) is 18.3 Å². The fourth-order valence-corrected chi connectivity index (χ4v) is 1.72. The van der Waals surface area contributed by atoms with Crippen LogP contribution in [0.25, 0.3) is 0 Å². The molecule has 0 bridgehead atoms. The zero-order valence-electron chi connectivity index (χ0n) is 8.01. The van der Waals surface area contributed by atoms with Crippen molar-refractivity contribution in [1.82, 2.24) is 10.2 Å². The van der Waals surface area contributed by atoms with Crippen molar-refractivity contribution in [2.75, 3.05) is 18.0 Å². The van der Waals surface area contributed by atoms with Gasteiger partial charge < -0.3 is 10.0 Å². The molecule has 0 unspecified atom stereocenters. The number of carboxylic acid groups (broad SMARTS) is 1. The fraction of sp³-hybridized carbons (Fsp3) is 0.625. The molecule has 0 aliphatic carbocycles. The SMILES string of the molecule is CCCN(CCC(=O)O)c1nncs1. The van der Waals surface area contributed by atoms with Gasteiger partial charge in [-0.2, -0.15) is 0 Å². The average molecular weight is 215 g/mol. The average Bonchev–Trinajstić information content (AvgIpc) is 2.64. The lowest BCUT2D eigenvalue weighted by atomic mass is 10.3. The highest BCUT2D eigenvalue weighted by Gasteiger charge is 2.10. The number of carboxylic acids is 1. The van der Waals surface area contributed by atoms with Crippen LogP contribution >= 0.6 is 11.3 Å². The largest absolute Gasteiger partial charge is 0.481 e. The third-order valence-electron chi connectivity index (χ3n) is 1.71. The van der Waals surface area contributed by atoms with Gasteiger partial charge in [0.15, 0.2) is 0 Å². The summed E-state index contributed by atoms with van der Waals surface area (Å²) >= 11 is 1.43. The van der Waals surface area contributed by atoms with Crippen LogP contribution in [0.2, 0.25) is 0 Å². The molecule has 0 amide bonds. The van der Waals surface area contributed by atoms with Crippen molar-refractivity contribution < 1.29 is 9.90 Å². The van der Waals surface area contributed by atoms with Crippen LogP contribution < -0.4 is 4.90 Å². The lowest BCUT2D eigenvalue weighted by molar-refractivity contribution is -0.136. The summed E-state index contributed by atoms with van der Waals surface area (Å²) in [6.07, 6.45) is 1.11. The summed E-state index contributed by atoms with van der Waals surface area (Å²) in [6, 6.07) is 0. The van der Waals surface area contributed by atoms with Gasteiger partial charge in [-0.25, -0.2) is 0 Å². The molecule has 78 valence electrons. The molecule has 1 rings (SSSR count). The molecule has 1 aromatic rings. The Morgan fingerprint density at radius 3 is 2.93 bits per heavy atom. The van der Waals surface area contributed by atoms with Crippen molar-refractivity contribution >= 4 is 22.4 Å². The van der Waals surface area contributed by atoms with Crippen LogP contribution in [-0.4, -0.2) is 34.4 Å². The number of hydrogen-bond acceptors (Lipinski definition) is 5. The summed E-state index contributed by atoms with van der Waals surface area (Å²) in [5, 5.41) is 17.0. The van der Waals surface area contributed by atoms with Gasteiger partial charge in [-0.15, -0.1) is 10.2 Å². The molecular formula is C8H13N3O2S. The van der Waals surface area contributed by atoms with Gasteiger partial charge in [0.25, 0.3) is 0 Å². The van der Waals surface area contributed by atoms with Gasteiger partial charge in [0.05, 0.1) is 6.42 Å². The first kappa shape index (κ1) is 10.9. The molecule has 0 aromatic carbocycles. The van der Waals surface area contributed by atoms with Gasteiger partial charge in [-0.05, 0) is 6.42 Å². The van der Waals surface area contributed by atoms with Crippen LogP contribution in [0.4, 0.5) is 5.13 Å². The third kappa shape index (κ3) is 3.29. The lowest BCUT2D eigenvalue weighted by Crippen LogP contribution is -2.26. The Balaban J connectivity index is 2.51. The smallest absolute Gasteiger partial charge is 0.305 e. The highest BCUT2D eigenvalue weighted by Crippen LogP contribution is 2.15. The Bertz CT molecular complexity index is 276. The van der Waals surface area contributed by atoms with Crippen molar-refractivity contribution in [1.29, 1.82) is 0 Å². The number of nitrogens with zero attached hydrogens (tertiary/aromatic N) is 3. The van der Waals surface area contributed by atoms with E-state index in [0.29, 0.717) is 6.54 Å². The van der Waals surface area contributed by atoms with E-state index in [1.165, 1.54) is 11.3 Å². The molecule has 0 aliphatic rings. The van der Waals surface area contributed by atoms with E-state index in [1.807, 2.05) is 4.90 Å². The molecular weight excluding hydrogens is 202 g/mol. The number of carbonyl (C=O) groups is 1. The summed E-state index contributed by atoms with van der Waals surface area (Å²) in [6.45, 7) is 3.37. The number of rotatable bonds is 6. The molecule has 0 spiro atoms. The number of aromatic nitrogens is 2. The van der Waals surface area contributed by atoms with Crippen molar-refractivity contribution in [3.05, 3.63) is 5.51 Å². The molecule has 0 aliphatic heterocycles. The van der Waals surface area contributed by atoms with Crippen molar-refractivity contribution in [3.8, 4) is 0 Å². The number of hydrogen-bond donors (Lipinski definition) is 1. The molecule has 0 atom stereocenters. The quantitative estimate of drug-likeness (QED) is 0.773. The predicted molar refractivity (Wildman–Crippen MR) is 54.7 cm³/mol. The number of aliphatic carboxylic acids is 1. The molecule has 0 fully saturated rings. The molecule has 1 N–H and O–H groups in total. The minimum Gasteiger partial charge on any atom is -0.481 e. The second kappa shape index (κ2) is 5.54. The highest BCUT2D eigenvalue weighted by atomic mass is 32.1. The molecule has 5 nitrogen and oxygen atoms in total. The minimum absolute atomic E-state index is 0.138. The Morgan fingerprint density at radius 2 is 2.43 bits per heavy atom. The lowest BCUT2D eigenvalue weighted by Gasteiger charge is -2.18. The zero-order chi connectivity index (χ0) is 10.4. The maximum absolute atomic E-state index is 10.4. The van der Waals surface area contributed by atoms with E-state index < -0.39 is 5.97 Å². The van der Waals surface area contributed by atoms with Gasteiger partial charge in [0.2, 0.25) is 5.13 Å². The van der Waals surface area contributed by atoms with Gasteiger partial charge in [0, 0.05) is 13.1 Å². The molecule has 0 radical (unpaired) electrons. The molecule has 1 heterocycles. The van der Waals surface area contributed by atoms with Gasteiger partial charge >= 0.3 is 5.97 Å². The van der Waals surface area contributed by atoms with Crippen LogP contribution in [0.5, 0.6) is 0 Å². The van der Waals surface area contributed by atoms with E-state index >= 15 is 0 Å². The summed E-state index contributed by atoms with van der Waals surface area (Å²) in [5.74, 6) is -0.782. The molecule has 1 aromatic heterocycles. The van der Waals surface area contributed by atoms with Crippen LogP contribution in [0.3, 0.4) is 0 Å². The number of anilines is 1. The van der Waals surface area contributed by atoms with E-state index in [2.05, 4.69) is 17.1 Å². The zero-order valence-corrected chi connectivity index (χ0v) is 8.83. The monoisotopic (exact) mass is 215 g/mol. The van der Waals surface area contributed by atoms with Crippen LogP contribution in [-0.2, 0) is 4.79 Å². The first-order valence-corrected chi connectivity index (χ1v) is 5.35. The summed E-state index contributed by atoms with van der Waals surface area (Å²) in [7, 11) is 0. The Morgan fingerprint density at radius 1 is 1.64 bits per heavy atom. The van der Waals surface area contributed by atoms with Gasteiger partial charge in [-0.3, -0.25) is 4.79 Å². The third-order valence-corrected chi connectivity index (χ3v) is 2.46. The second-order valence-corrected chi connectivity index (χ2v) is 3.66. The van der Waals surface area contributed by atoms with Crippen molar-refractivity contribution in [2.45, 2.75) is 19.8 Å². The fourth-order valence-electron chi connectivity index (χ4n) is 1.11. The molecule has 0 saturated heterocycles. The minimum atomic E-state index is -0.782. The summed E-state index contributed by atoms with van der Waals surface area (Å²) < 4.78 is 0. The Kier molecular flexibility index (Phi) is 4.31. The summed E-state index contributed by atoms with van der Waals surface area (Å²) in [5.41, 5.74) is 1.65.